The quantitative estimate of drug-likeness (QED) is 0.555. The summed E-state index contributed by atoms with van der Waals surface area (Å²) in [5.41, 5.74) is 3.38. The largest absolute Gasteiger partial charge is 0.307 e. The summed E-state index contributed by atoms with van der Waals surface area (Å²) in [6, 6.07) is 26.5. The fourth-order valence-electron chi connectivity index (χ4n) is 2.31. The molecular weight excluding hydrogens is 284 g/mol. The lowest BCUT2D eigenvalue weighted by Gasteiger charge is -2.08. The highest BCUT2D eigenvalue weighted by Gasteiger charge is 2.09. The minimum atomic E-state index is -0.279. The van der Waals surface area contributed by atoms with Crippen LogP contribution >= 0.6 is 0 Å². The van der Waals surface area contributed by atoms with Crippen molar-refractivity contribution in [2.45, 2.75) is 0 Å². The minimum Gasteiger partial charge on any atom is -0.307 e. The first kappa shape index (κ1) is 14.7. The molecule has 2 N–H and O–H groups in total. The van der Waals surface area contributed by atoms with Crippen LogP contribution in [0.25, 0.3) is 11.1 Å². The zero-order valence-electron chi connectivity index (χ0n) is 12.5. The molecule has 0 heterocycles. The first-order valence-corrected chi connectivity index (χ1v) is 7.35. The van der Waals surface area contributed by atoms with Crippen molar-refractivity contribution >= 4 is 11.7 Å². The number of carbonyl (C=O) groups is 1. The monoisotopic (exact) mass is 300 g/mol. The van der Waals surface area contributed by atoms with Gasteiger partial charge in [0, 0.05) is 11.1 Å². The molecule has 1 amide bonds. The van der Waals surface area contributed by atoms with E-state index in [0.717, 1.165) is 11.1 Å². The lowest BCUT2D eigenvalue weighted by molar-refractivity contribution is 0.0977. The van der Waals surface area contributed by atoms with Crippen LogP contribution in [0.1, 0.15) is 15.9 Å². The summed E-state index contributed by atoms with van der Waals surface area (Å²) < 4.78 is 0. The summed E-state index contributed by atoms with van der Waals surface area (Å²) in [4.78, 5) is 12.2. The fraction of sp³-hybridized carbons (Fsp3) is 0. The third-order valence-corrected chi connectivity index (χ3v) is 3.56. The van der Waals surface area contributed by atoms with Crippen molar-refractivity contribution in [2.75, 3.05) is 0 Å². The number of nitrogens with one attached hydrogen (secondary N) is 2. The molecule has 0 atom stereocenters. The SMILES string of the molecule is N=C(NC(=O)c1ccc(-c2ccccc2)cc1)c1ccccc1. The van der Waals surface area contributed by atoms with E-state index in [1.165, 1.54) is 0 Å². The molecular formula is C20H16N2O. The molecule has 3 rings (SSSR count). The molecule has 112 valence electrons. The van der Waals surface area contributed by atoms with E-state index in [-0.39, 0.29) is 11.7 Å². The Hall–Kier alpha value is -3.20. The first-order valence-electron chi connectivity index (χ1n) is 7.35. The van der Waals surface area contributed by atoms with Crippen LogP contribution in [-0.4, -0.2) is 11.7 Å². The van der Waals surface area contributed by atoms with Crippen LogP contribution in [0.4, 0.5) is 0 Å². The molecule has 0 aromatic heterocycles. The van der Waals surface area contributed by atoms with Gasteiger partial charge < -0.3 is 5.32 Å². The molecule has 0 saturated heterocycles. The van der Waals surface area contributed by atoms with Gasteiger partial charge >= 0.3 is 0 Å². The van der Waals surface area contributed by atoms with Crippen LogP contribution in [0.5, 0.6) is 0 Å². The molecule has 23 heavy (non-hydrogen) atoms. The van der Waals surface area contributed by atoms with Crippen molar-refractivity contribution in [3.05, 3.63) is 96.1 Å². The summed E-state index contributed by atoms with van der Waals surface area (Å²) in [7, 11) is 0. The Kier molecular flexibility index (Phi) is 4.29. The van der Waals surface area contributed by atoms with E-state index in [1.807, 2.05) is 60.7 Å². The molecule has 3 aromatic rings. The van der Waals surface area contributed by atoms with Gasteiger partial charge in [-0.15, -0.1) is 0 Å². The average Bonchev–Trinajstić information content (AvgIpc) is 2.63. The molecule has 3 aromatic carbocycles. The van der Waals surface area contributed by atoms with Crippen LogP contribution < -0.4 is 5.32 Å². The van der Waals surface area contributed by atoms with Crippen LogP contribution in [0, 0.1) is 5.41 Å². The van der Waals surface area contributed by atoms with Gasteiger partial charge in [-0.1, -0.05) is 72.8 Å². The number of carbonyl (C=O) groups excluding carboxylic acids is 1. The Balaban J connectivity index is 1.72. The zero-order chi connectivity index (χ0) is 16.1. The maximum atomic E-state index is 12.2. The second-order valence-corrected chi connectivity index (χ2v) is 5.14. The van der Waals surface area contributed by atoms with E-state index >= 15 is 0 Å². The van der Waals surface area contributed by atoms with Crippen molar-refractivity contribution in [1.29, 1.82) is 5.41 Å². The summed E-state index contributed by atoms with van der Waals surface area (Å²) in [6.07, 6.45) is 0. The predicted molar refractivity (Wildman–Crippen MR) is 92.6 cm³/mol. The van der Waals surface area contributed by atoms with Gasteiger partial charge in [-0.25, -0.2) is 0 Å². The summed E-state index contributed by atoms with van der Waals surface area (Å²) in [6.45, 7) is 0. The standard InChI is InChI=1S/C20H16N2O/c21-19(17-9-5-2-6-10-17)22-20(23)18-13-11-16(12-14-18)15-7-3-1-4-8-15/h1-14H,(H2,21,22,23). The van der Waals surface area contributed by atoms with E-state index in [2.05, 4.69) is 5.32 Å². The third-order valence-electron chi connectivity index (χ3n) is 3.56. The summed E-state index contributed by atoms with van der Waals surface area (Å²) >= 11 is 0. The number of hydrogen-bond donors (Lipinski definition) is 2. The maximum absolute atomic E-state index is 12.2. The number of rotatable bonds is 3. The molecule has 3 heteroatoms. The summed E-state index contributed by atoms with van der Waals surface area (Å²) in [5.74, 6) is -0.179. The molecule has 0 radical (unpaired) electrons. The Morgan fingerprint density at radius 3 is 1.78 bits per heavy atom. The zero-order valence-corrected chi connectivity index (χ0v) is 12.5. The van der Waals surface area contributed by atoms with Crippen LogP contribution in [0.15, 0.2) is 84.9 Å². The molecule has 0 spiro atoms. The number of hydrogen-bond acceptors (Lipinski definition) is 2. The lowest BCUT2D eigenvalue weighted by Crippen LogP contribution is -2.30. The van der Waals surface area contributed by atoms with Gasteiger partial charge in [-0.05, 0) is 23.3 Å². The van der Waals surface area contributed by atoms with Crippen molar-refractivity contribution < 1.29 is 4.79 Å². The predicted octanol–water partition coefficient (Wildman–Crippen LogP) is 4.11. The fourth-order valence-corrected chi connectivity index (χ4v) is 2.31. The lowest BCUT2D eigenvalue weighted by atomic mass is 10.0. The van der Waals surface area contributed by atoms with E-state index in [9.17, 15) is 4.79 Å². The van der Waals surface area contributed by atoms with Gasteiger partial charge in [-0.2, -0.15) is 0 Å². The smallest absolute Gasteiger partial charge is 0.256 e. The van der Waals surface area contributed by atoms with Crippen molar-refractivity contribution in [2.24, 2.45) is 0 Å². The highest BCUT2D eigenvalue weighted by atomic mass is 16.1. The van der Waals surface area contributed by atoms with Crippen molar-refractivity contribution in [3.8, 4) is 11.1 Å². The second-order valence-electron chi connectivity index (χ2n) is 5.14. The Labute approximate surface area is 135 Å². The average molecular weight is 300 g/mol. The number of amidine groups is 1. The number of amides is 1. The highest BCUT2D eigenvalue weighted by molar-refractivity contribution is 6.11. The Morgan fingerprint density at radius 2 is 1.17 bits per heavy atom. The van der Waals surface area contributed by atoms with Gasteiger partial charge in [0.1, 0.15) is 5.84 Å². The molecule has 0 bridgehead atoms. The maximum Gasteiger partial charge on any atom is 0.256 e. The van der Waals surface area contributed by atoms with E-state index < -0.39 is 0 Å². The van der Waals surface area contributed by atoms with E-state index in [4.69, 9.17) is 5.41 Å². The molecule has 0 aliphatic heterocycles. The Morgan fingerprint density at radius 1 is 0.652 bits per heavy atom. The van der Waals surface area contributed by atoms with Crippen LogP contribution in [-0.2, 0) is 0 Å². The highest BCUT2D eigenvalue weighted by Crippen LogP contribution is 2.19. The van der Waals surface area contributed by atoms with Gasteiger partial charge in [0.05, 0.1) is 0 Å². The molecule has 3 nitrogen and oxygen atoms in total. The van der Waals surface area contributed by atoms with E-state index in [0.29, 0.717) is 11.1 Å². The van der Waals surface area contributed by atoms with Crippen molar-refractivity contribution in [1.82, 2.24) is 5.32 Å². The Bertz CT molecular complexity index is 809. The summed E-state index contributed by atoms with van der Waals surface area (Å²) in [5, 5.41) is 10.6. The molecule has 0 aliphatic carbocycles. The molecule has 0 aliphatic rings. The topological polar surface area (TPSA) is 53.0 Å². The van der Waals surface area contributed by atoms with E-state index in [1.54, 1.807) is 24.3 Å². The van der Waals surface area contributed by atoms with Crippen LogP contribution in [0.2, 0.25) is 0 Å². The number of benzene rings is 3. The molecule has 0 saturated carbocycles. The van der Waals surface area contributed by atoms with Gasteiger partial charge in [0.25, 0.3) is 5.91 Å². The van der Waals surface area contributed by atoms with Crippen molar-refractivity contribution in [3.63, 3.8) is 0 Å². The normalized spacial score (nSPS) is 10.1. The van der Waals surface area contributed by atoms with Crippen LogP contribution in [0.3, 0.4) is 0 Å². The third kappa shape index (κ3) is 3.52. The van der Waals surface area contributed by atoms with Gasteiger partial charge in [-0.3, -0.25) is 10.2 Å². The minimum absolute atomic E-state index is 0.0998. The first-order chi connectivity index (χ1) is 11.2. The van der Waals surface area contributed by atoms with Gasteiger partial charge in [0.15, 0.2) is 0 Å². The van der Waals surface area contributed by atoms with Gasteiger partial charge in [0.2, 0.25) is 0 Å². The molecule has 0 unspecified atom stereocenters. The molecule has 0 fully saturated rings. The second kappa shape index (κ2) is 6.71.